The van der Waals surface area contributed by atoms with Gasteiger partial charge in [0.1, 0.15) is 6.61 Å². The number of fused-ring (bicyclic) bond motifs is 1. The quantitative estimate of drug-likeness (QED) is 0.764. The number of hydrogen-bond donors (Lipinski definition) is 1. The Labute approximate surface area is 128 Å². The number of aromatic hydroxyl groups is 1. The molecule has 0 radical (unpaired) electrons. The van der Waals surface area contributed by atoms with Crippen LogP contribution in [0.25, 0.3) is 10.9 Å². The molecule has 0 atom stereocenters. The van der Waals surface area contributed by atoms with Crippen LogP contribution < -0.4 is 4.74 Å². The Bertz CT molecular complexity index is 780. The van der Waals surface area contributed by atoms with E-state index in [1.807, 2.05) is 24.3 Å². The number of phenols is 1. The first-order chi connectivity index (χ1) is 10.2. The SMILES string of the molecule is CCn1c(COc2ccccc2O)cc2cc(Cl)ccc21. The third-order valence-electron chi connectivity index (χ3n) is 3.51. The smallest absolute Gasteiger partial charge is 0.161 e. The molecule has 4 heteroatoms. The normalized spacial score (nSPS) is 11.0. The van der Waals surface area contributed by atoms with Crippen LogP contribution in [-0.4, -0.2) is 9.67 Å². The van der Waals surface area contributed by atoms with Gasteiger partial charge in [-0.3, -0.25) is 0 Å². The van der Waals surface area contributed by atoms with Gasteiger partial charge in [0.2, 0.25) is 0 Å². The predicted molar refractivity (Wildman–Crippen MR) is 85.1 cm³/mol. The number of hydrogen-bond acceptors (Lipinski definition) is 2. The lowest BCUT2D eigenvalue weighted by Gasteiger charge is -2.10. The molecule has 3 nitrogen and oxygen atoms in total. The molecule has 21 heavy (non-hydrogen) atoms. The highest BCUT2D eigenvalue weighted by atomic mass is 35.5. The molecule has 0 aliphatic heterocycles. The third kappa shape index (κ3) is 2.69. The first kappa shape index (κ1) is 13.8. The van der Waals surface area contributed by atoms with Crippen LogP contribution in [0.3, 0.4) is 0 Å². The molecule has 3 aromatic rings. The summed E-state index contributed by atoms with van der Waals surface area (Å²) in [4.78, 5) is 0. The molecule has 0 amide bonds. The highest BCUT2D eigenvalue weighted by molar-refractivity contribution is 6.31. The zero-order valence-corrected chi connectivity index (χ0v) is 12.5. The molecular formula is C17H16ClNO2. The van der Waals surface area contributed by atoms with E-state index < -0.39 is 0 Å². The summed E-state index contributed by atoms with van der Waals surface area (Å²) in [6, 6.07) is 14.9. The Hall–Kier alpha value is -2.13. The van der Waals surface area contributed by atoms with Crippen molar-refractivity contribution in [3.05, 3.63) is 59.2 Å². The maximum absolute atomic E-state index is 9.74. The van der Waals surface area contributed by atoms with Crippen LogP contribution in [0.15, 0.2) is 48.5 Å². The molecule has 0 aliphatic carbocycles. The molecular weight excluding hydrogens is 286 g/mol. The van der Waals surface area contributed by atoms with E-state index in [4.69, 9.17) is 16.3 Å². The number of ether oxygens (including phenoxy) is 1. The Morgan fingerprint density at radius 1 is 1.14 bits per heavy atom. The second kappa shape index (κ2) is 5.70. The highest BCUT2D eigenvalue weighted by Crippen LogP contribution is 2.27. The van der Waals surface area contributed by atoms with Gasteiger partial charge in [0.25, 0.3) is 0 Å². The molecule has 3 rings (SSSR count). The van der Waals surface area contributed by atoms with Crippen LogP contribution in [-0.2, 0) is 13.2 Å². The first-order valence-corrected chi connectivity index (χ1v) is 7.25. The maximum Gasteiger partial charge on any atom is 0.161 e. The summed E-state index contributed by atoms with van der Waals surface area (Å²) in [6.07, 6.45) is 0. The van der Waals surface area contributed by atoms with E-state index in [1.165, 1.54) is 0 Å². The number of nitrogens with zero attached hydrogens (tertiary/aromatic N) is 1. The Kier molecular flexibility index (Phi) is 3.76. The lowest BCUT2D eigenvalue weighted by Crippen LogP contribution is -2.04. The van der Waals surface area contributed by atoms with Crippen LogP contribution in [0.4, 0.5) is 0 Å². The van der Waals surface area contributed by atoms with E-state index in [0.717, 1.165) is 28.2 Å². The Balaban J connectivity index is 1.92. The van der Waals surface area contributed by atoms with Crippen molar-refractivity contribution in [3.8, 4) is 11.5 Å². The van der Waals surface area contributed by atoms with Crippen molar-refractivity contribution >= 4 is 22.5 Å². The second-order valence-corrected chi connectivity index (χ2v) is 5.28. The van der Waals surface area contributed by atoms with Gasteiger partial charge in [0.15, 0.2) is 11.5 Å². The van der Waals surface area contributed by atoms with E-state index in [2.05, 4.69) is 17.6 Å². The zero-order valence-electron chi connectivity index (χ0n) is 11.7. The molecule has 0 fully saturated rings. The van der Waals surface area contributed by atoms with Gasteiger partial charge in [-0.25, -0.2) is 0 Å². The van der Waals surface area contributed by atoms with Crippen molar-refractivity contribution in [1.29, 1.82) is 0 Å². The van der Waals surface area contributed by atoms with E-state index >= 15 is 0 Å². The van der Waals surface area contributed by atoms with Crippen molar-refractivity contribution in [2.45, 2.75) is 20.1 Å². The van der Waals surface area contributed by atoms with Gasteiger partial charge in [0, 0.05) is 22.5 Å². The predicted octanol–water partition coefficient (Wildman–Crippen LogP) is 4.60. The van der Waals surface area contributed by atoms with E-state index in [9.17, 15) is 5.11 Å². The zero-order chi connectivity index (χ0) is 14.8. The van der Waals surface area contributed by atoms with Crippen molar-refractivity contribution in [1.82, 2.24) is 4.57 Å². The fraction of sp³-hybridized carbons (Fsp3) is 0.176. The molecule has 0 unspecified atom stereocenters. The average Bonchev–Trinajstić information content (AvgIpc) is 2.82. The van der Waals surface area contributed by atoms with Crippen LogP contribution in [0.5, 0.6) is 11.5 Å². The van der Waals surface area contributed by atoms with Crippen LogP contribution >= 0.6 is 11.6 Å². The van der Waals surface area contributed by atoms with Gasteiger partial charge in [-0.15, -0.1) is 0 Å². The number of aromatic nitrogens is 1. The molecule has 1 N–H and O–H groups in total. The van der Waals surface area contributed by atoms with Crippen LogP contribution in [0, 0.1) is 0 Å². The van der Waals surface area contributed by atoms with E-state index in [0.29, 0.717) is 12.4 Å². The molecule has 2 aromatic carbocycles. The minimum Gasteiger partial charge on any atom is -0.504 e. The molecule has 0 bridgehead atoms. The van der Waals surface area contributed by atoms with Gasteiger partial charge in [-0.1, -0.05) is 23.7 Å². The molecule has 108 valence electrons. The summed E-state index contributed by atoms with van der Waals surface area (Å²) in [5, 5.41) is 11.6. The number of phenolic OH excluding ortho intramolecular Hbond substituents is 1. The Morgan fingerprint density at radius 3 is 2.71 bits per heavy atom. The highest BCUT2D eigenvalue weighted by Gasteiger charge is 2.09. The summed E-state index contributed by atoms with van der Waals surface area (Å²) < 4.78 is 7.91. The third-order valence-corrected chi connectivity index (χ3v) is 3.74. The monoisotopic (exact) mass is 301 g/mol. The maximum atomic E-state index is 9.74. The molecule has 0 spiro atoms. The number of halogens is 1. The lowest BCUT2D eigenvalue weighted by atomic mass is 10.2. The summed E-state index contributed by atoms with van der Waals surface area (Å²) >= 11 is 6.04. The minimum absolute atomic E-state index is 0.153. The number of aryl methyl sites for hydroxylation is 1. The fourth-order valence-corrected chi connectivity index (χ4v) is 2.70. The summed E-state index contributed by atoms with van der Waals surface area (Å²) in [6.45, 7) is 3.35. The van der Waals surface area contributed by atoms with E-state index in [1.54, 1.807) is 18.2 Å². The number of benzene rings is 2. The van der Waals surface area contributed by atoms with Gasteiger partial charge >= 0.3 is 0 Å². The molecule has 1 heterocycles. The molecule has 0 saturated carbocycles. The number of para-hydroxylation sites is 2. The lowest BCUT2D eigenvalue weighted by molar-refractivity contribution is 0.280. The fourth-order valence-electron chi connectivity index (χ4n) is 2.52. The Morgan fingerprint density at radius 2 is 1.95 bits per heavy atom. The topological polar surface area (TPSA) is 34.4 Å². The van der Waals surface area contributed by atoms with Crippen molar-refractivity contribution in [2.75, 3.05) is 0 Å². The van der Waals surface area contributed by atoms with Gasteiger partial charge in [0.05, 0.1) is 5.69 Å². The van der Waals surface area contributed by atoms with E-state index in [-0.39, 0.29) is 5.75 Å². The van der Waals surface area contributed by atoms with Gasteiger partial charge in [-0.05, 0) is 43.3 Å². The summed E-state index contributed by atoms with van der Waals surface area (Å²) in [5.74, 6) is 0.642. The van der Waals surface area contributed by atoms with Crippen molar-refractivity contribution in [2.24, 2.45) is 0 Å². The van der Waals surface area contributed by atoms with Crippen molar-refractivity contribution in [3.63, 3.8) is 0 Å². The number of rotatable bonds is 4. The standard InChI is InChI=1S/C17H16ClNO2/c1-2-19-14(10-12-9-13(18)7-8-15(12)19)11-21-17-6-4-3-5-16(17)20/h3-10,20H,2,11H2,1H3. The minimum atomic E-state index is 0.153. The molecule has 0 aliphatic rings. The van der Waals surface area contributed by atoms with Crippen LogP contribution in [0.2, 0.25) is 5.02 Å². The van der Waals surface area contributed by atoms with Gasteiger partial charge < -0.3 is 14.4 Å². The van der Waals surface area contributed by atoms with Gasteiger partial charge in [-0.2, -0.15) is 0 Å². The molecule has 1 aromatic heterocycles. The summed E-state index contributed by atoms with van der Waals surface area (Å²) in [7, 11) is 0. The molecule has 0 saturated heterocycles. The largest absolute Gasteiger partial charge is 0.504 e. The summed E-state index contributed by atoms with van der Waals surface area (Å²) in [5.41, 5.74) is 2.19. The second-order valence-electron chi connectivity index (χ2n) is 4.84. The average molecular weight is 302 g/mol. The first-order valence-electron chi connectivity index (χ1n) is 6.87. The van der Waals surface area contributed by atoms with Crippen molar-refractivity contribution < 1.29 is 9.84 Å². The van der Waals surface area contributed by atoms with Crippen LogP contribution in [0.1, 0.15) is 12.6 Å².